The van der Waals surface area contributed by atoms with E-state index in [2.05, 4.69) is 17.8 Å². The van der Waals surface area contributed by atoms with Crippen LogP contribution in [-0.4, -0.2) is 9.55 Å². The molecule has 0 fully saturated rings. The van der Waals surface area contributed by atoms with Crippen LogP contribution in [0.4, 0.5) is 5.82 Å². The maximum absolute atomic E-state index is 5.82. The number of nitrogen functional groups attached to an aromatic ring is 1. The fourth-order valence-corrected chi connectivity index (χ4v) is 1.33. The summed E-state index contributed by atoms with van der Waals surface area (Å²) in [5.41, 5.74) is 6.70. The van der Waals surface area contributed by atoms with Gasteiger partial charge in [0.05, 0.1) is 12.2 Å². The van der Waals surface area contributed by atoms with Gasteiger partial charge in [-0.25, -0.2) is 4.98 Å². The van der Waals surface area contributed by atoms with Gasteiger partial charge >= 0.3 is 0 Å². The van der Waals surface area contributed by atoms with Gasteiger partial charge in [0.15, 0.2) is 0 Å². The second kappa shape index (κ2) is 3.99. The van der Waals surface area contributed by atoms with Crippen molar-refractivity contribution in [3.63, 3.8) is 0 Å². The maximum Gasteiger partial charge on any atom is 0.127 e. The molecule has 0 unspecified atom stereocenters. The smallest absolute Gasteiger partial charge is 0.127 e. The van der Waals surface area contributed by atoms with E-state index in [1.165, 1.54) is 0 Å². The number of nitrogens with two attached hydrogens (primary N) is 1. The number of imidazole rings is 1. The molecule has 0 bridgehead atoms. The first-order chi connectivity index (χ1) is 6.20. The van der Waals surface area contributed by atoms with E-state index in [-0.39, 0.29) is 0 Å². The van der Waals surface area contributed by atoms with Crippen LogP contribution in [0.15, 0.2) is 0 Å². The molecule has 0 saturated heterocycles. The average molecular weight is 177 g/mol. The van der Waals surface area contributed by atoms with Crippen LogP contribution in [0.3, 0.4) is 0 Å². The molecular weight excluding hydrogens is 162 g/mol. The normalized spacial score (nSPS) is 9.92. The Morgan fingerprint density at radius 1 is 1.62 bits per heavy atom. The molecular formula is C10H15N3. The molecule has 0 aliphatic rings. The molecule has 1 aromatic rings. The molecule has 70 valence electrons. The van der Waals surface area contributed by atoms with E-state index < -0.39 is 0 Å². The molecule has 0 saturated carbocycles. The first kappa shape index (κ1) is 9.66. The lowest BCUT2D eigenvalue weighted by Gasteiger charge is -2.04. The van der Waals surface area contributed by atoms with Crippen LogP contribution in [-0.2, 0) is 13.0 Å². The second-order valence-electron chi connectivity index (χ2n) is 3.04. The Morgan fingerprint density at radius 2 is 2.31 bits per heavy atom. The van der Waals surface area contributed by atoms with Crippen molar-refractivity contribution in [3.8, 4) is 12.3 Å². The number of hydrogen-bond acceptors (Lipinski definition) is 2. The van der Waals surface area contributed by atoms with Crippen molar-refractivity contribution in [1.82, 2.24) is 9.55 Å². The molecule has 0 amide bonds. The van der Waals surface area contributed by atoms with Gasteiger partial charge in [0.1, 0.15) is 11.6 Å². The number of aryl methyl sites for hydroxylation is 2. The zero-order valence-corrected chi connectivity index (χ0v) is 8.17. The van der Waals surface area contributed by atoms with E-state index in [1.54, 1.807) is 0 Å². The van der Waals surface area contributed by atoms with Gasteiger partial charge in [0.2, 0.25) is 0 Å². The lowest BCUT2D eigenvalue weighted by molar-refractivity contribution is 0.732. The van der Waals surface area contributed by atoms with Crippen LogP contribution >= 0.6 is 0 Å². The fourth-order valence-electron chi connectivity index (χ4n) is 1.33. The molecule has 13 heavy (non-hydrogen) atoms. The lowest BCUT2D eigenvalue weighted by Crippen LogP contribution is -2.06. The third-order valence-electron chi connectivity index (χ3n) is 1.99. The van der Waals surface area contributed by atoms with Crippen LogP contribution in [0.5, 0.6) is 0 Å². The molecule has 2 N–H and O–H groups in total. The summed E-state index contributed by atoms with van der Waals surface area (Å²) >= 11 is 0. The van der Waals surface area contributed by atoms with E-state index in [0.717, 1.165) is 24.4 Å². The third-order valence-corrected chi connectivity index (χ3v) is 1.99. The van der Waals surface area contributed by atoms with Crippen molar-refractivity contribution in [2.24, 2.45) is 0 Å². The summed E-state index contributed by atoms with van der Waals surface area (Å²) in [5.74, 6) is 4.27. The van der Waals surface area contributed by atoms with Crippen LogP contribution in [0, 0.1) is 19.3 Å². The van der Waals surface area contributed by atoms with Crippen molar-refractivity contribution >= 4 is 5.82 Å². The third kappa shape index (κ3) is 1.83. The van der Waals surface area contributed by atoms with Gasteiger partial charge in [-0.3, -0.25) is 0 Å². The molecule has 0 aliphatic carbocycles. The Labute approximate surface area is 79.0 Å². The SMILES string of the molecule is C#CCn1c(CCC)nc(C)c1N. The molecule has 0 atom stereocenters. The van der Waals surface area contributed by atoms with Gasteiger partial charge < -0.3 is 10.3 Å². The van der Waals surface area contributed by atoms with E-state index in [4.69, 9.17) is 12.2 Å². The lowest BCUT2D eigenvalue weighted by atomic mass is 10.3. The van der Waals surface area contributed by atoms with Crippen molar-refractivity contribution in [3.05, 3.63) is 11.5 Å². The molecule has 0 aliphatic heterocycles. The number of rotatable bonds is 3. The minimum Gasteiger partial charge on any atom is -0.384 e. The van der Waals surface area contributed by atoms with E-state index in [1.807, 2.05) is 11.5 Å². The van der Waals surface area contributed by atoms with Crippen LogP contribution in [0.1, 0.15) is 24.9 Å². The number of terminal acetylenes is 1. The maximum atomic E-state index is 5.82. The highest BCUT2D eigenvalue weighted by atomic mass is 15.1. The molecule has 1 aromatic heterocycles. The molecule has 3 heteroatoms. The molecule has 1 heterocycles. The van der Waals surface area contributed by atoms with Gasteiger partial charge in [-0.15, -0.1) is 6.42 Å². The monoisotopic (exact) mass is 177 g/mol. The predicted molar refractivity (Wildman–Crippen MR) is 54.2 cm³/mol. The summed E-state index contributed by atoms with van der Waals surface area (Å²) in [5, 5.41) is 0. The van der Waals surface area contributed by atoms with E-state index in [0.29, 0.717) is 12.4 Å². The Bertz CT molecular complexity index is 331. The Balaban J connectivity index is 3.04. The number of nitrogens with zero attached hydrogens (tertiary/aromatic N) is 2. The molecule has 0 spiro atoms. The number of hydrogen-bond donors (Lipinski definition) is 1. The van der Waals surface area contributed by atoms with E-state index >= 15 is 0 Å². The summed E-state index contributed by atoms with van der Waals surface area (Å²) < 4.78 is 1.90. The second-order valence-corrected chi connectivity index (χ2v) is 3.04. The highest BCUT2D eigenvalue weighted by molar-refractivity contribution is 5.37. The summed E-state index contributed by atoms with van der Waals surface area (Å²) in [6, 6.07) is 0. The average Bonchev–Trinajstić information content (AvgIpc) is 2.34. The fraction of sp³-hybridized carbons (Fsp3) is 0.500. The largest absolute Gasteiger partial charge is 0.384 e. The zero-order valence-electron chi connectivity index (χ0n) is 8.17. The van der Waals surface area contributed by atoms with Crippen LogP contribution in [0.25, 0.3) is 0 Å². The Morgan fingerprint density at radius 3 is 2.85 bits per heavy atom. The Kier molecular flexibility index (Phi) is 2.97. The van der Waals surface area contributed by atoms with Crippen molar-refractivity contribution in [1.29, 1.82) is 0 Å². The first-order valence-electron chi connectivity index (χ1n) is 4.45. The van der Waals surface area contributed by atoms with Gasteiger partial charge in [0.25, 0.3) is 0 Å². The van der Waals surface area contributed by atoms with Gasteiger partial charge in [-0.2, -0.15) is 0 Å². The summed E-state index contributed by atoms with van der Waals surface area (Å²) in [4.78, 5) is 4.36. The standard InChI is InChI=1S/C10H15N3/c1-4-6-9-12-8(3)10(11)13(9)7-5-2/h2H,4,6-7,11H2,1,3H3. The van der Waals surface area contributed by atoms with Crippen molar-refractivity contribution < 1.29 is 0 Å². The number of aromatic nitrogens is 2. The zero-order chi connectivity index (χ0) is 9.84. The molecule has 0 aromatic carbocycles. The minimum absolute atomic E-state index is 0.516. The highest BCUT2D eigenvalue weighted by Crippen LogP contribution is 2.14. The summed E-state index contributed by atoms with van der Waals surface area (Å²) in [6.45, 7) is 4.53. The van der Waals surface area contributed by atoms with Crippen molar-refractivity contribution in [2.45, 2.75) is 33.2 Å². The van der Waals surface area contributed by atoms with Gasteiger partial charge in [0, 0.05) is 6.42 Å². The number of anilines is 1. The topological polar surface area (TPSA) is 43.8 Å². The molecule has 3 nitrogen and oxygen atoms in total. The Hall–Kier alpha value is -1.43. The van der Waals surface area contributed by atoms with Crippen LogP contribution in [0.2, 0.25) is 0 Å². The first-order valence-corrected chi connectivity index (χ1v) is 4.45. The van der Waals surface area contributed by atoms with Crippen molar-refractivity contribution in [2.75, 3.05) is 5.73 Å². The summed E-state index contributed by atoms with van der Waals surface area (Å²) in [6.07, 6.45) is 7.24. The predicted octanol–water partition coefficient (Wildman–Crippen LogP) is 1.36. The summed E-state index contributed by atoms with van der Waals surface area (Å²) in [7, 11) is 0. The molecule has 0 radical (unpaired) electrons. The molecule has 1 rings (SSSR count). The minimum atomic E-state index is 0.516. The van der Waals surface area contributed by atoms with Crippen LogP contribution < -0.4 is 5.73 Å². The van der Waals surface area contributed by atoms with Gasteiger partial charge in [-0.05, 0) is 13.3 Å². The highest BCUT2D eigenvalue weighted by Gasteiger charge is 2.09. The van der Waals surface area contributed by atoms with E-state index in [9.17, 15) is 0 Å². The quantitative estimate of drug-likeness (QED) is 0.708. The van der Waals surface area contributed by atoms with Gasteiger partial charge in [-0.1, -0.05) is 12.8 Å².